The van der Waals surface area contributed by atoms with Crippen molar-refractivity contribution in [2.75, 3.05) is 26.2 Å². The number of aliphatic hydroxyl groups is 1. The van der Waals surface area contributed by atoms with Crippen LogP contribution in [0.1, 0.15) is 13.8 Å². The van der Waals surface area contributed by atoms with Crippen molar-refractivity contribution in [1.82, 2.24) is 10.2 Å². The van der Waals surface area contributed by atoms with E-state index in [1.807, 2.05) is 13.8 Å². The molecule has 82 valence electrons. The van der Waals surface area contributed by atoms with E-state index in [4.69, 9.17) is 4.74 Å². The quantitative estimate of drug-likeness (QED) is 0.648. The smallest absolute Gasteiger partial charge is 0.410 e. The molecule has 1 aliphatic heterocycles. The Labute approximate surface area is 84.0 Å². The van der Waals surface area contributed by atoms with Crippen molar-refractivity contribution in [3.8, 4) is 0 Å². The molecule has 0 aromatic heterocycles. The molecule has 1 amide bonds. The third-order valence-electron chi connectivity index (χ3n) is 2.04. The minimum absolute atomic E-state index is 0.325. The number of β-amino-alcohol motifs (C(OH)–C–C–N with tert-alkyl or cyclic N) is 1. The van der Waals surface area contributed by atoms with Crippen molar-refractivity contribution in [3.63, 3.8) is 0 Å². The van der Waals surface area contributed by atoms with Crippen molar-refractivity contribution in [3.05, 3.63) is 0 Å². The number of ether oxygens (including phenoxy) is 1. The largest absolute Gasteiger partial charge is 0.448 e. The Balaban J connectivity index is 2.19. The number of nitrogens with one attached hydrogen (secondary N) is 1. The summed E-state index contributed by atoms with van der Waals surface area (Å²) in [5.41, 5.74) is 0. The molecule has 1 atom stereocenters. The van der Waals surface area contributed by atoms with Gasteiger partial charge in [0.15, 0.2) is 0 Å². The summed E-state index contributed by atoms with van der Waals surface area (Å²) in [7, 11) is 0. The van der Waals surface area contributed by atoms with Gasteiger partial charge >= 0.3 is 6.09 Å². The standard InChI is InChI=1S/C9H18N2O3/c1-7(2)10-5-8(12)6-11-3-4-14-9(11)13/h7-8,10,12H,3-6H2,1-2H3. The molecule has 0 spiro atoms. The van der Waals surface area contributed by atoms with Crippen LogP contribution in [-0.2, 0) is 4.74 Å². The van der Waals surface area contributed by atoms with Crippen LogP contribution in [-0.4, -0.2) is 54.5 Å². The van der Waals surface area contributed by atoms with Crippen molar-refractivity contribution in [1.29, 1.82) is 0 Å². The number of hydrogen-bond acceptors (Lipinski definition) is 4. The lowest BCUT2D eigenvalue weighted by Gasteiger charge is -2.19. The molecular formula is C9H18N2O3. The third-order valence-corrected chi connectivity index (χ3v) is 2.04. The van der Waals surface area contributed by atoms with Gasteiger partial charge in [0.05, 0.1) is 19.2 Å². The topological polar surface area (TPSA) is 61.8 Å². The molecule has 1 unspecified atom stereocenters. The van der Waals surface area contributed by atoms with Gasteiger partial charge < -0.3 is 20.1 Å². The number of cyclic esters (lactones) is 1. The van der Waals surface area contributed by atoms with E-state index in [9.17, 15) is 9.90 Å². The minimum atomic E-state index is -0.525. The Morgan fingerprint density at radius 3 is 2.86 bits per heavy atom. The zero-order valence-corrected chi connectivity index (χ0v) is 8.69. The molecule has 0 saturated carbocycles. The lowest BCUT2D eigenvalue weighted by atomic mass is 10.3. The summed E-state index contributed by atoms with van der Waals surface area (Å²) in [5.74, 6) is 0. The normalized spacial score (nSPS) is 18.9. The van der Waals surface area contributed by atoms with Gasteiger partial charge in [-0.05, 0) is 0 Å². The molecule has 2 N–H and O–H groups in total. The summed E-state index contributed by atoms with van der Waals surface area (Å²) in [4.78, 5) is 12.5. The van der Waals surface area contributed by atoms with Crippen LogP contribution >= 0.6 is 0 Å². The zero-order valence-electron chi connectivity index (χ0n) is 8.69. The van der Waals surface area contributed by atoms with Crippen molar-refractivity contribution >= 4 is 6.09 Å². The van der Waals surface area contributed by atoms with Gasteiger partial charge in [-0.3, -0.25) is 0 Å². The highest BCUT2D eigenvalue weighted by molar-refractivity contribution is 5.69. The second-order valence-corrected chi connectivity index (χ2v) is 3.78. The molecule has 14 heavy (non-hydrogen) atoms. The fourth-order valence-electron chi connectivity index (χ4n) is 1.28. The maximum atomic E-state index is 11.0. The first-order chi connectivity index (χ1) is 6.59. The van der Waals surface area contributed by atoms with E-state index >= 15 is 0 Å². The number of hydrogen-bond donors (Lipinski definition) is 2. The Kier molecular flexibility index (Phi) is 4.16. The summed E-state index contributed by atoms with van der Waals surface area (Å²) in [6.07, 6.45) is -0.850. The van der Waals surface area contributed by atoms with Crippen LogP contribution in [0.4, 0.5) is 4.79 Å². The molecule has 5 nitrogen and oxygen atoms in total. The summed E-state index contributed by atoms with van der Waals surface area (Å²) in [6, 6.07) is 0.343. The fraction of sp³-hybridized carbons (Fsp3) is 0.889. The van der Waals surface area contributed by atoms with Crippen LogP contribution in [0, 0.1) is 0 Å². The molecule has 0 aromatic rings. The number of aliphatic hydroxyl groups excluding tert-OH is 1. The van der Waals surface area contributed by atoms with Crippen LogP contribution < -0.4 is 5.32 Å². The zero-order chi connectivity index (χ0) is 10.6. The van der Waals surface area contributed by atoms with Gasteiger partial charge in [-0.25, -0.2) is 4.79 Å². The molecule has 1 heterocycles. The summed E-state index contributed by atoms with van der Waals surface area (Å²) >= 11 is 0. The predicted molar refractivity (Wildman–Crippen MR) is 52.1 cm³/mol. The maximum absolute atomic E-state index is 11.0. The van der Waals surface area contributed by atoms with E-state index in [0.717, 1.165) is 0 Å². The van der Waals surface area contributed by atoms with E-state index in [1.165, 1.54) is 4.90 Å². The molecule has 0 aliphatic carbocycles. The molecule has 1 aliphatic rings. The van der Waals surface area contributed by atoms with Crippen molar-refractivity contribution in [2.24, 2.45) is 0 Å². The second kappa shape index (κ2) is 5.17. The lowest BCUT2D eigenvalue weighted by Crippen LogP contribution is -2.40. The highest BCUT2D eigenvalue weighted by Crippen LogP contribution is 2.03. The van der Waals surface area contributed by atoms with Crippen molar-refractivity contribution < 1.29 is 14.6 Å². The van der Waals surface area contributed by atoms with Gasteiger partial charge in [0.1, 0.15) is 6.61 Å². The highest BCUT2D eigenvalue weighted by atomic mass is 16.6. The third kappa shape index (κ3) is 3.51. The second-order valence-electron chi connectivity index (χ2n) is 3.78. The SMILES string of the molecule is CC(C)NCC(O)CN1CCOC1=O. The molecule has 1 rings (SSSR count). The number of carbonyl (C=O) groups excluding carboxylic acids is 1. The van der Waals surface area contributed by atoms with E-state index < -0.39 is 6.10 Å². The van der Waals surface area contributed by atoms with Crippen LogP contribution in [0.3, 0.4) is 0 Å². The minimum Gasteiger partial charge on any atom is -0.448 e. The van der Waals surface area contributed by atoms with Gasteiger partial charge in [0, 0.05) is 12.6 Å². The monoisotopic (exact) mass is 202 g/mol. The molecule has 1 saturated heterocycles. The molecule has 0 radical (unpaired) electrons. The van der Waals surface area contributed by atoms with Gasteiger partial charge in [0.2, 0.25) is 0 Å². The molecular weight excluding hydrogens is 184 g/mol. The van der Waals surface area contributed by atoms with Crippen molar-refractivity contribution in [2.45, 2.75) is 26.0 Å². The Morgan fingerprint density at radius 2 is 2.36 bits per heavy atom. The Hall–Kier alpha value is -0.810. The first kappa shape index (κ1) is 11.3. The van der Waals surface area contributed by atoms with Crippen LogP contribution in [0.25, 0.3) is 0 Å². The first-order valence-corrected chi connectivity index (χ1v) is 4.92. The van der Waals surface area contributed by atoms with E-state index in [2.05, 4.69) is 5.32 Å². The van der Waals surface area contributed by atoms with Gasteiger partial charge in [-0.15, -0.1) is 0 Å². The Morgan fingerprint density at radius 1 is 1.64 bits per heavy atom. The predicted octanol–water partition coefficient (Wildman–Crippen LogP) is -0.203. The fourth-order valence-corrected chi connectivity index (χ4v) is 1.28. The van der Waals surface area contributed by atoms with Crippen LogP contribution in [0.5, 0.6) is 0 Å². The summed E-state index contributed by atoms with van der Waals surface area (Å²) in [5, 5.41) is 12.7. The van der Waals surface area contributed by atoms with E-state index in [-0.39, 0.29) is 6.09 Å². The van der Waals surface area contributed by atoms with Crippen LogP contribution in [0.2, 0.25) is 0 Å². The Bertz CT molecular complexity index is 196. The average molecular weight is 202 g/mol. The molecule has 1 fully saturated rings. The first-order valence-electron chi connectivity index (χ1n) is 4.92. The van der Waals surface area contributed by atoms with E-state index in [0.29, 0.717) is 32.3 Å². The molecule has 5 heteroatoms. The average Bonchev–Trinajstić information content (AvgIpc) is 2.49. The number of amides is 1. The van der Waals surface area contributed by atoms with E-state index in [1.54, 1.807) is 0 Å². The number of nitrogens with zero attached hydrogens (tertiary/aromatic N) is 1. The number of carbonyl (C=O) groups is 1. The van der Waals surface area contributed by atoms with Gasteiger partial charge in [0.25, 0.3) is 0 Å². The summed E-state index contributed by atoms with van der Waals surface area (Å²) < 4.78 is 4.75. The lowest BCUT2D eigenvalue weighted by molar-refractivity contribution is 0.116. The molecule has 0 bridgehead atoms. The number of rotatable bonds is 5. The van der Waals surface area contributed by atoms with Crippen LogP contribution in [0.15, 0.2) is 0 Å². The molecule has 0 aromatic carbocycles. The van der Waals surface area contributed by atoms with Gasteiger partial charge in [-0.2, -0.15) is 0 Å². The summed E-state index contributed by atoms with van der Waals surface area (Å²) in [6.45, 7) is 5.88. The maximum Gasteiger partial charge on any atom is 0.410 e. The van der Waals surface area contributed by atoms with Gasteiger partial charge in [-0.1, -0.05) is 13.8 Å². The highest BCUT2D eigenvalue weighted by Gasteiger charge is 2.23.